The van der Waals surface area contributed by atoms with E-state index in [1.807, 2.05) is 0 Å². The van der Waals surface area contributed by atoms with Crippen molar-refractivity contribution in [3.63, 3.8) is 0 Å². The molecule has 1 fully saturated rings. The second-order valence-electron chi connectivity index (χ2n) is 7.40. The molecule has 5 aromatic rings. The molecule has 0 atom stereocenters. The van der Waals surface area contributed by atoms with Crippen molar-refractivity contribution in [3.05, 3.63) is 55.3 Å². The molecule has 9 nitrogen and oxygen atoms in total. The number of nitrogens with zero attached hydrogens (tertiary/aromatic N) is 8. The van der Waals surface area contributed by atoms with E-state index < -0.39 is 0 Å². The highest BCUT2D eigenvalue weighted by molar-refractivity contribution is 5.79. The highest BCUT2D eigenvalue weighted by Crippen LogP contribution is 2.32. The monoisotopic (exact) mass is 416 g/mol. The molecule has 6 rings (SSSR count). The number of benzene rings is 1. The summed E-state index contributed by atoms with van der Waals surface area (Å²) in [5.41, 5.74) is 3.46. The minimum Gasteiger partial charge on any atom is -0.381 e. The highest BCUT2D eigenvalue weighted by Gasteiger charge is 2.24. The van der Waals surface area contributed by atoms with Gasteiger partial charge in [-0.3, -0.25) is 4.57 Å². The quantitative estimate of drug-likeness (QED) is 0.446. The van der Waals surface area contributed by atoms with Gasteiger partial charge in [-0.1, -0.05) is 0 Å². The van der Waals surface area contributed by atoms with Gasteiger partial charge in [-0.05, 0) is 25.0 Å². The minimum atomic E-state index is -0.339. The fraction of sp³-hybridized carbons (Fsp3) is 0.238. The Labute approximate surface area is 175 Å². The van der Waals surface area contributed by atoms with Crippen LogP contribution in [0.1, 0.15) is 18.9 Å². The summed E-state index contributed by atoms with van der Waals surface area (Å²) in [5, 5.41) is 0. The van der Waals surface area contributed by atoms with Gasteiger partial charge in [-0.2, -0.15) is 4.98 Å². The molecule has 0 aliphatic carbocycles. The Morgan fingerprint density at radius 3 is 2.65 bits per heavy atom. The summed E-state index contributed by atoms with van der Waals surface area (Å²) in [4.78, 5) is 26.7. The number of aromatic nitrogens is 8. The maximum absolute atomic E-state index is 13.8. The Morgan fingerprint density at radius 2 is 1.81 bits per heavy atom. The zero-order valence-electron chi connectivity index (χ0n) is 16.4. The first kappa shape index (κ1) is 18.0. The topological polar surface area (TPSA) is 96.4 Å². The molecule has 4 aromatic heterocycles. The number of ether oxygens (including phenoxy) is 1. The predicted molar refractivity (Wildman–Crippen MR) is 110 cm³/mol. The third-order valence-electron chi connectivity index (χ3n) is 5.52. The lowest BCUT2D eigenvalue weighted by atomic mass is 10.1. The van der Waals surface area contributed by atoms with Gasteiger partial charge in [0, 0.05) is 37.7 Å². The zero-order valence-corrected chi connectivity index (χ0v) is 16.4. The molecule has 0 saturated carbocycles. The van der Waals surface area contributed by atoms with Gasteiger partial charge >= 0.3 is 0 Å². The summed E-state index contributed by atoms with van der Waals surface area (Å²) in [5.74, 6) is 0.814. The number of fused-ring (bicyclic) bond motifs is 2. The van der Waals surface area contributed by atoms with Crippen molar-refractivity contribution < 1.29 is 9.13 Å². The maximum atomic E-state index is 13.8. The maximum Gasteiger partial charge on any atom is 0.237 e. The lowest BCUT2D eigenvalue weighted by Crippen LogP contribution is -2.20. The van der Waals surface area contributed by atoms with E-state index in [1.165, 1.54) is 18.5 Å². The van der Waals surface area contributed by atoms with Crippen LogP contribution in [0.4, 0.5) is 4.39 Å². The van der Waals surface area contributed by atoms with Gasteiger partial charge in [0.15, 0.2) is 5.65 Å². The van der Waals surface area contributed by atoms with E-state index in [2.05, 4.69) is 24.5 Å². The minimum absolute atomic E-state index is 0.175. The number of halogens is 1. The highest BCUT2D eigenvalue weighted by atomic mass is 19.1. The lowest BCUT2D eigenvalue weighted by Gasteiger charge is -2.25. The summed E-state index contributed by atoms with van der Waals surface area (Å²) >= 11 is 0. The van der Waals surface area contributed by atoms with E-state index in [-0.39, 0.29) is 11.9 Å². The Bertz CT molecular complexity index is 1390. The van der Waals surface area contributed by atoms with Gasteiger partial charge in [0.2, 0.25) is 5.95 Å². The summed E-state index contributed by atoms with van der Waals surface area (Å²) in [6, 6.07) is 4.63. The standard InChI is InChI=1S/C21H17FN8O/c22-14-1-2-16-18(7-14)29(12-26-16)21-25-10-17-20(28-21)30(15-3-5-31-6-4-15)19(27-17)13-8-23-11-24-9-13/h1-2,7-12,15H,3-6H2. The summed E-state index contributed by atoms with van der Waals surface area (Å²) in [7, 11) is 0. The second kappa shape index (κ2) is 7.17. The molecule has 1 aromatic carbocycles. The molecule has 0 spiro atoms. The molecule has 0 unspecified atom stereocenters. The average molecular weight is 416 g/mol. The van der Waals surface area contributed by atoms with E-state index in [0.29, 0.717) is 41.4 Å². The molecular weight excluding hydrogens is 399 g/mol. The first-order valence-corrected chi connectivity index (χ1v) is 9.99. The fourth-order valence-corrected chi connectivity index (χ4v) is 4.05. The molecule has 0 N–H and O–H groups in total. The smallest absolute Gasteiger partial charge is 0.237 e. The fourth-order valence-electron chi connectivity index (χ4n) is 4.05. The SMILES string of the molecule is Fc1ccc2ncn(-c3ncc4nc(-c5cncnc5)n(C5CCOCC5)c4n3)c2c1. The Balaban J connectivity index is 1.57. The third-order valence-corrected chi connectivity index (χ3v) is 5.52. The first-order chi connectivity index (χ1) is 15.3. The van der Waals surface area contributed by atoms with Gasteiger partial charge in [0.05, 0.1) is 22.8 Å². The molecule has 31 heavy (non-hydrogen) atoms. The molecule has 1 aliphatic rings. The predicted octanol–water partition coefficient (Wildman–Crippen LogP) is 3.11. The summed E-state index contributed by atoms with van der Waals surface area (Å²) in [6.07, 6.45) is 9.97. The van der Waals surface area contributed by atoms with Crippen LogP contribution < -0.4 is 0 Å². The van der Waals surface area contributed by atoms with Crippen molar-refractivity contribution >= 4 is 22.2 Å². The second-order valence-corrected chi connectivity index (χ2v) is 7.40. The van der Waals surface area contributed by atoms with Crippen molar-refractivity contribution in [2.45, 2.75) is 18.9 Å². The average Bonchev–Trinajstić information content (AvgIpc) is 3.41. The normalized spacial score (nSPS) is 15.1. The van der Waals surface area contributed by atoms with E-state index in [9.17, 15) is 4.39 Å². The molecule has 154 valence electrons. The third kappa shape index (κ3) is 3.03. The number of hydrogen-bond acceptors (Lipinski definition) is 7. The van der Waals surface area contributed by atoms with Gasteiger partial charge in [-0.15, -0.1) is 0 Å². The van der Waals surface area contributed by atoms with Crippen LogP contribution in [0.15, 0.2) is 49.4 Å². The van der Waals surface area contributed by atoms with Crippen molar-refractivity contribution in [1.82, 2.24) is 39.0 Å². The van der Waals surface area contributed by atoms with Crippen LogP contribution in [0, 0.1) is 5.82 Å². The molecule has 0 bridgehead atoms. The van der Waals surface area contributed by atoms with E-state index in [1.54, 1.807) is 35.6 Å². The van der Waals surface area contributed by atoms with E-state index in [0.717, 1.165) is 24.2 Å². The van der Waals surface area contributed by atoms with Crippen LogP contribution in [-0.2, 0) is 4.74 Å². The van der Waals surface area contributed by atoms with Crippen LogP contribution in [0.2, 0.25) is 0 Å². The Morgan fingerprint density at radius 1 is 0.968 bits per heavy atom. The molecule has 1 aliphatic heterocycles. The zero-order chi connectivity index (χ0) is 20.8. The van der Waals surface area contributed by atoms with Crippen molar-refractivity contribution in [3.8, 4) is 17.3 Å². The van der Waals surface area contributed by atoms with Crippen molar-refractivity contribution in [2.75, 3.05) is 13.2 Å². The molecule has 10 heteroatoms. The lowest BCUT2D eigenvalue weighted by molar-refractivity contribution is 0.0708. The van der Waals surface area contributed by atoms with Crippen LogP contribution in [0.5, 0.6) is 0 Å². The largest absolute Gasteiger partial charge is 0.381 e. The molecule has 1 saturated heterocycles. The van der Waals surface area contributed by atoms with Gasteiger partial charge in [-0.25, -0.2) is 29.3 Å². The Hall–Kier alpha value is -3.79. The summed E-state index contributed by atoms with van der Waals surface area (Å²) in [6.45, 7) is 1.36. The Kier molecular flexibility index (Phi) is 4.17. The first-order valence-electron chi connectivity index (χ1n) is 9.99. The van der Waals surface area contributed by atoms with E-state index in [4.69, 9.17) is 14.7 Å². The van der Waals surface area contributed by atoms with Crippen LogP contribution >= 0.6 is 0 Å². The molecule has 0 radical (unpaired) electrons. The van der Waals surface area contributed by atoms with Crippen molar-refractivity contribution in [2.24, 2.45) is 0 Å². The van der Waals surface area contributed by atoms with Crippen molar-refractivity contribution in [1.29, 1.82) is 0 Å². The van der Waals surface area contributed by atoms with Gasteiger partial charge < -0.3 is 9.30 Å². The molecular formula is C21H17FN8O. The molecule has 5 heterocycles. The number of hydrogen-bond donors (Lipinski definition) is 0. The van der Waals surface area contributed by atoms with E-state index >= 15 is 0 Å². The number of rotatable bonds is 3. The molecule has 0 amide bonds. The van der Waals surface area contributed by atoms with Crippen LogP contribution in [0.3, 0.4) is 0 Å². The summed E-state index contributed by atoms with van der Waals surface area (Å²) < 4.78 is 23.2. The van der Waals surface area contributed by atoms with Crippen LogP contribution in [-0.4, -0.2) is 52.3 Å². The van der Waals surface area contributed by atoms with Crippen LogP contribution in [0.25, 0.3) is 39.5 Å². The van der Waals surface area contributed by atoms with Gasteiger partial charge in [0.1, 0.15) is 29.8 Å². The number of imidazole rings is 2. The van der Waals surface area contributed by atoms with Gasteiger partial charge in [0.25, 0.3) is 0 Å².